The summed E-state index contributed by atoms with van der Waals surface area (Å²) in [6, 6.07) is 3.86. The molecule has 7 nitrogen and oxygen atoms in total. The molecule has 0 saturated carbocycles. The van der Waals surface area contributed by atoms with Crippen LogP contribution in [0.4, 0.5) is 5.82 Å². The van der Waals surface area contributed by atoms with Gasteiger partial charge in [-0.25, -0.2) is 9.97 Å². The number of amides is 1. The summed E-state index contributed by atoms with van der Waals surface area (Å²) < 4.78 is 7.65. The van der Waals surface area contributed by atoms with Crippen LogP contribution in [0.2, 0.25) is 0 Å². The molecule has 2 atom stereocenters. The maximum atomic E-state index is 12.7. The van der Waals surface area contributed by atoms with Gasteiger partial charge in [-0.1, -0.05) is 0 Å². The van der Waals surface area contributed by atoms with Crippen molar-refractivity contribution >= 4 is 11.7 Å². The Morgan fingerprint density at radius 2 is 2.25 bits per heavy atom. The molecule has 1 amide bonds. The van der Waals surface area contributed by atoms with E-state index in [1.54, 1.807) is 12.4 Å². The highest BCUT2D eigenvalue weighted by Gasteiger charge is 2.37. The molecule has 0 aliphatic carbocycles. The van der Waals surface area contributed by atoms with E-state index in [2.05, 4.69) is 20.2 Å². The monoisotopic (exact) mass is 329 g/mol. The predicted molar refractivity (Wildman–Crippen MR) is 90.3 cm³/mol. The van der Waals surface area contributed by atoms with E-state index in [4.69, 9.17) is 4.74 Å². The van der Waals surface area contributed by atoms with E-state index >= 15 is 0 Å². The van der Waals surface area contributed by atoms with Crippen molar-refractivity contribution in [3.05, 3.63) is 42.1 Å². The molecule has 3 heterocycles. The van der Waals surface area contributed by atoms with Gasteiger partial charge >= 0.3 is 0 Å². The Labute approximate surface area is 141 Å². The average Bonchev–Trinajstić information content (AvgIpc) is 3.15. The van der Waals surface area contributed by atoms with Crippen LogP contribution in [-0.4, -0.2) is 46.0 Å². The summed E-state index contributed by atoms with van der Waals surface area (Å²) in [6.07, 6.45) is 5.67. The van der Waals surface area contributed by atoms with E-state index in [9.17, 15) is 4.79 Å². The van der Waals surface area contributed by atoms with Gasteiger partial charge in [-0.05, 0) is 38.2 Å². The van der Waals surface area contributed by atoms with Gasteiger partial charge in [0.2, 0.25) is 5.91 Å². The third-order valence-corrected chi connectivity index (χ3v) is 4.12. The number of nitrogens with zero attached hydrogens (tertiary/aromatic N) is 4. The molecule has 0 aromatic carbocycles. The second-order valence-electron chi connectivity index (χ2n) is 6.36. The van der Waals surface area contributed by atoms with Crippen molar-refractivity contribution in [2.24, 2.45) is 13.0 Å². The lowest BCUT2D eigenvalue weighted by atomic mass is 10.00. The molecule has 0 unspecified atom stereocenters. The summed E-state index contributed by atoms with van der Waals surface area (Å²) >= 11 is 0. The Morgan fingerprint density at radius 1 is 1.42 bits per heavy atom. The molecule has 1 aliphatic rings. The van der Waals surface area contributed by atoms with Gasteiger partial charge in [0.15, 0.2) is 0 Å². The van der Waals surface area contributed by atoms with E-state index in [0.29, 0.717) is 18.8 Å². The highest BCUT2D eigenvalue weighted by atomic mass is 16.5. The highest BCUT2D eigenvalue weighted by molar-refractivity contribution is 5.92. The Kier molecular flexibility index (Phi) is 4.92. The van der Waals surface area contributed by atoms with E-state index in [-0.39, 0.29) is 17.9 Å². The number of anilines is 1. The van der Waals surface area contributed by atoms with Crippen LogP contribution in [0.3, 0.4) is 0 Å². The van der Waals surface area contributed by atoms with Crippen molar-refractivity contribution in [1.29, 1.82) is 0 Å². The smallest absolute Gasteiger partial charge is 0.231 e. The van der Waals surface area contributed by atoms with Gasteiger partial charge in [0, 0.05) is 38.8 Å². The topological polar surface area (TPSA) is 72.3 Å². The maximum Gasteiger partial charge on any atom is 0.231 e. The molecule has 0 bridgehead atoms. The number of hydrogen-bond donors (Lipinski definition) is 1. The molecular formula is C17H23N5O2. The minimum Gasteiger partial charge on any atom is -0.369 e. The number of nitrogens with one attached hydrogen (secondary N) is 1. The van der Waals surface area contributed by atoms with Crippen LogP contribution < -0.4 is 5.32 Å². The van der Waals surface area contributed by atoms with Crippen molar-refractivity contribution in [3.8, 4) is 0 Å². The van der Waals surface area contributed by atoms with Crippen LogP contribution in [0.15, 0.2) is 30.7 Å². The largest absolute Gasteiger partial charge is 0.369 e. The Morgan fingerprint density at radius 3 is 2.96 bits per heavy atom. The average molecular weight is 329 g/mol. The number of carbonyl (C=O) groups excluding carboxylic acids is 1. The van der Waals surface area contributed by atoms with E-state index < -0.39 is 0 Å². The van der Waals surface area contributed by atoms with Gasteiger partial charge in [0.1, 0.15) is 17.7 Å². The lowest BCUT2D eigenvalue weighted by Crippen LogP contribution is -2.27. The predicted octanol–water partition coefficient (Wildman–Crippen LogP) is 1.59. The second kappa shape index (κ2) is 7.11. The van der Waals surface area contributed by atoms with Crippen molar-refractivity contribution in [1.82, 2.24) is 19.4 Å². The van der Waals surface area contributed by atoms with Crippen molar-refractivity contribution in [2.45, 2.75) is 19.1 Å². The fraction of sp³-hybridized carbons (Fsp3) is 0.471. The van der Waals surface area contributed by atoms with Gasteiger partial charge in [-0.15, -0.1) is 0 Å². The van der Waals surface area contributed by atoms with E-state index in [1.807, 2.05) is 44.0 Å². The number of hydrogen-bond acceptors (Lipinski definition) is 5. The minimum atomic E-state index is -0.310. The number of aryl methyl sites for hydroxylation is 1. The first-order valence-corrected chi connectivity index (χ1v) is 8.04. The number of carbonyl (C=O) groups is 1. The Hall–Kier alpha value is -2.25. The summed E-state index contributed by atoms with van der Waals surface area (Å²) in [4.78, 5) is 23.3. The lowest BCUT2D eigenvalue weighted by Gasteiger charge is -2.18. The maximum absolute atomic E-state index is 12.7. The fourth-order valence-corrected chi connectivity index (χ4v) is 2.99. The van der Waals surface area contributed by atoms with Crippen LogP contribution in [0.25, 0.3) is 0 Å². The molecule has 128 valence electrons. The van der Waals surface area contributed by atoms with Crippen molar-refractivity contribution in [2.75, 3.05) is 26.0 Å². The summed E-state index contributed by atoms with van der Waals surface area (Å²) in [5.41, 5.74) is 1.11. The van der Waals surface area contributed by atoms with Crippen LogP contribution in [0.1, 0.15) is 23.9 Å². The number of pyridine rings is 1. The molecule has 3 rings (SSSR count). The molecule has 0 radical (unpaired) electrons. The number of imidazole rings is 1. The first kappa shape index (κ1) is 16.6. The van der Waals surface area contributed by atoms with Crippen LogP contribution in [-0.2, 0) is 23.1 Å². The number of ether oxygens (including phenoxy) is 1. The highest BCUT2D eigenvalue weighted by Crippen LogP contribution is 2.34. The summed E-state index contributed by atoms with van der Waals surface area (Å²) in [6.45, 7) is 1.36. The molecule has 1 fully saturated rings. The first-order chi connectivity index (χ1) is 11.5. The molecule has 2 aromatic heterocycles. The molecule has 1 saturated heterocycles. The van der Waals surface area contributed by atoms with Crippen molar-refractivity contribution < 1.29 is 9.53 Å². The fourth-order valence-electron chi connectivity index (χ4n) is 2.99. The molecular weight excluding hydrogens is 306 g/mol. The zero-order valence-corrected chi connectivity index (χ0v) is 14.3. The van der Waals surface area contributed by atoms with Crippen LogP contribution in [0.5, 0.6) is 0 Å². The van der Waals surface area contributed by atoms with Crippen molar-refractivity contribution in [3.63, 3.8) is 0 Å². The zero-order chi connectivity index (χ0) is 17.1. The zero-order valence-electron chi connectivity index (χ0n) is 14.3. The summed E-state index contributed by atoms with van der Waals surface area (Å²) in [5, 5.41) is 2.92. The SMILES string of the molecule is CN(C)Cc1ccnc(NC(=O)[C@@H]2CCO[C@H]2c2nccn2C)c1. The molecule has 1 N–H and O–H groups in total. The Bertz CT molecular complexity index is 713. The second-order valence-corrected chi connectivity index (χ2v) is 6.36. The van der Waals surface area contributed by atoms with E-state index in [0.717, 1.165) is 17.9 Å². The molecule has 24 heavy (non-hydrogen) atoms. The summed E-state index contributed by atoms with van der Waals surface area (Å²) in [7, 11) is 5.92. The Balaban J connectivity index is 1.71. The lowest BCUT2D eigenvalue weighted by molar-refractivity contribution is -0.121. The quantitative estimate of drug-likeness (QED) is 0.902. The van der Waals surface area contributed by atoms with Gasteiger partial charge in [-0.2, -0.15) is 0 Å². The number of aromatic nitrogens is 3. The van der Waals surface area contributed by atoms with Gasteiger partial charge < -0.3 is 19.5 Å². The van der Waals surface area contributed by atoms with Crippen LogP contribution in [0, 0.1) is 5.92 Å². The van der Waals surface area contributed by atoms with Crippen LogP contribution >= 0.6 is 0 Å². The molecule has 2 aromatic rings. The van der Waals surface area contributed by atoms with E-state index in [1.165, 1.54) is 0 Å². The minimum absolute atomic E-state index is 0.0741. The first-order valence-electron chi connectivity index (χ1n) is 8.04. The van der Waals surface area contributed by atoms with Gasteiger partial charge in [0.25, 0.3) is 0 Å². The molecule has 7 heteroatoms. The summed E-state index contributed by atoms with van der Waals surface area (Å²) in [5.74, 6) is 1.02. The molecule has 0 spiro atoms. The molecule has 1 aliphatic heterocycles. The van der Waals surface area contributed by atoms with Gasteiger partial charge in [-0.3, -0.25) is 4.79 Å². The standard InChI is InChI=1S/C17H23N5O2/c1-21(2)11-12-4-6-18-14(10-12)20-17(23)13-5-9-24-15(13)16-19-7-8-22(16)3/h4,6-8,10,13,15H,5,9,11H2,1-3H3,(H,18,20,23)/t13-,15-/m1/s1. The third kappa shape index (κ3) is 3.63. The van der Waals surface area contributed by atoms with Gasteiger partial charge in [0.05, 0.1) is 5.92 Å². The number of rotatable bonds is 5. The normalized spacial score (nSPS) is 20.5. The third-order valence-electron chi connectivity index (χ3n) is 4.12.